The first kappa shape index (κ1) is 18.3. The standard InChI is InChI=1S/C16H23ClN2O.ClH/c1-12(18)3-8-15(20)19-11-16(9-2-10-16)13-4-6-14(17)7-5-13;/h4-7,12H,2-3,8-11,18H2,1H3,(H,19,20);1H. The average Bonchev–Trinajstić information content (AvgIpc) is 2.37. The Bertz CT molecular complexity index is 456. The van der Waals surface area contributed by atoms with Gasteiger partial charge >= 0.3 is 0 Å². The highest BCUT2D eigenvalue weighted by Gasteiger charge is 2.38. The summed E-state index contributed by atoms with van der Waals surface area (Å²) in [5.74, 6) is 0.0996. The van der Waals surface area contributed by atoms with Crippen LogP contribution in [0.5, 0.6) is 0 Å². The van der Waals surface area contributed by atoms with E-state index in [1.807, 2.05) is 19.1 Å². The van der Waals surface area contributed by atoms with E-state index >= 15 is 0 Å². The van der Waals surface area contributed by atoms with E-state index in [0.29, 0.717) is 13.0 Å². The lowest BCUT2D eigenvalue weighted by Crippen LogP contribution is -2.45. The highest BCUT2D eigenvalue weighted by molar-refractivity contribution is 6.30. The minimum absolute atomic E-state index is 0. The van der Waals surface area contributed by atoms with Crippen LogP contribution in [0.4, 0.5) is 0 Å². The summed E-state index contributed by atoms with van der Waals surface area (Å²) >= 11 is 5.94. The molecule has 1 amide bonds. The molecule has 5 heteroatoms. The highest BCUT2D eigenvalue weighted by Crippen LogP contribution is 2.43. The molecule has 21 heavy (non-hydrogen) atoms. The van der Waals surface area contributed by atoms with Crippen LogP contribution in [-0.2, 0) is 10.2 Å². The molecule has 3 N–H and O–H groups in total. The first-order valence-corrected chi connectivity index (χ1v) is 7.68. The number of hydrogen-bond acceptors (Lipinski definition) is 2. The highest BCUT2D eigenvalue weighted by atomic mass is 35.5. The normalized spacial score (nSPS) is 17.3. The fraction of sp³-hybridized carbons (Fsp3) is 0.562. The maximum Gasteiger partial charge on any atom is 0.220 e. The largest absolute Gasteiger partial charge is 0.355 e. The van der Waals surface area contributed by atoms with Gasteiger partial charge in [-0.05, 0) is 43.9 Å². The van der Waals surface area contributed by atoms with Crippen LogP contribution in [0.1, 0.15) is 44.6 Å². The van der Waals surface area contributed by atoms with Crippen molar-refractivity contribution in [3.63, 3.8) is 0 Å². The summed E-state index contributed by atoms with van der Waals surface area (Å²) in [4.78, 5) is 11.8. The van der Waals surface area contributed by atoms with Gasteiger partial charge in [0.25, 0.3) is 0 Å². The third kappa shape index (κ3) is 4.87. The van der Waals surface area contributed by atoms with E-state index in [9.17, 15) is 4.79 Å². The lowest BCUT2D eigenvalue weighted by atomic mass is 9.64. The van der Waals surface area contributed by atoms with E-state index < -0.39 is 0 Å². The summed E-state index contributed by atoms with van der Waals surface area (Å²) in [6.45, 7) is 2.64. The van der Waals surface area contributed by atoms with Gasteiger partial charge in [-0.1, -0.05) is 30.2 Å². The smallest absolute Gasteiger partial charge is 0.220 e. The number of amides is 1. The molecule has 0 bridgehead atoms. The summed E-state index contributed by atoms with van der Waals surface area (Å²) in [6.07, 6.45) is 4.72. The summed E-state index contributed by atoms with van der Waals surface area (Å²) in [5, 5.41) is 3.82. The molecule has 1 aromatic rings. The molecule has 0 saturated heterocycles. The predicted molar refractivity (Wildman–Crippen MR) is 90.1 cm³/mol. The second-order valence-electron chi connectivity index (χ2n) is 5.93. The molecule has 1 atom stereocenters. The van der Waals surface area contributed by atoms with Crippen LogP contribution in [-0.4, -0.2) is 18.5 Å². The van der Waals surface area contributed by atoms with Crippen molar-refractivity contribution < 1.29 is 4.79 Å². The van der Waals surface area contributed by atoms with E-state index in [-0.39, 0.29) is 29.8 Å². The average molecular weight is 331 g/mol. The minimum atomic E-state index is 0. The summed E-state index contributed by atoms with van der Waals surface area (Å²) in [7, 11) is 0. The Labute approximate surface area is 138 Å². The molecule has 3 nitrogen and oxygen atoms in total. The SMILES string of the molecule is CC(N)CCC(=O)NCC1(c2ccc(Cl)cc2)CCC1.Cl. The van der Waals surface area contributed by atoms with E-state index in [1.165, 1.54) is 12.0 Å². The van der Waals surface area contributed by atoms with Crippen molar-refractivity contribution in [1.29, 1.82) is 0 Å². The van der Waals surface area contributed by atoms with Crippen LogP contribution in [0.3, 0.4) is 0 Å². The number of hydrogen-bond donors (Lipinski definition) is 2. The van der Waals surface area contributed by atoms with Crippen molar-refractivity contribution in [3.8, 4) is 0 Å². The van der Waals surface area contributed by atoms with Crippen LogP contribution in [0.2, 0.25) is 5.02 Å². The van der Waals surface area contributed by atoms with Gasteiger partial charge in [-0.3, -0.25) is 4.79 Å². The Hall–Kier alpha value is -0.770. The number of halogens is 2. The second kappa shape index (κ2) is 8.02. The summed E-state index contributed by atoms with van der Waals surface area (Å²) < 4.78 is 0. The van der Waals surface area contributed by atoms with Crippen molar-refractivity contribution >= 4 is 29.9 Å². The first-order chi connectivity index (χ1) is 9.52. The second-order valence-corrected chi connectivity index (χ2v) is 6.37. The lowest BCUT2D eigenvalue weighted by Gasteiger charge is -2.42. The molecule has 0 spiro atoms. The Morgan fingerprint density at radius 2 is 2.00 bits per heavy atom. The van der Waals surface area contributed by atoms with E-state index in [1.54, 1.807) is 0 Å². The molecule has 1 aliphatic rings. The number of nitrogens with one attached hydrogen (secondary N) is 1. The van der Waals surface area contributed by atoms with Gasteiger partial charge in [0.2, 0.25) is 5.91 Å². The zero-order valence-corrected chi connectivity index (χ0v) is 14.0. The third-order valence-electron chi connectivity index (χ3n) is 4.22. The lowest BCUT2D eigenvalue weighted by molar-refractivity contribution is -0.121. The molecule has 1 unspecified atom stereocenters. The van der Waals surface area contributed by atoms with Gasteiger partial charge in [-0.2, -0.15) is 0 Å². The van der Waals surface area contributed by atoms with Gasteiger partial charge in [-0.25, -0.2) is 0 Å². The van der Waals surface area contributed by atoms with Crippen LogP contribution < -0.4 is 11.1 Å². The molecular formula is C16H24Cl2N2O. The van der Waals surface area contributed by atoms with Gasteiger partial charge in [0.15, 0.2) is 0 Å². The summed E-state index contributed by atoms with van der Waals surface area (Å²) in [5.41, 5.74) is 7.06. The molecule has 118 valence electrons. The van der Waals surface area contributed by atoms with Crippen LogP contribution in [0.15, 0.2) is 24.3 Å². The maximum atomic E-state index is 11.8. The van der Waals surface area contributed by atoms with E-state index in [4.69, 9.17) is 17.3 Å². The number of benzene rings is 1. The van der Waals surface area contributed by atoms with Crippen molar-refractivity contribution in [1.82, 2.24) is 5.32 Å². The fourth-order valence-corrected chi connectivity index (χ4v) is 2.82. The van der Waals surface area contributed by atoms with E-state index in [2.05, 4.69) is 17.4 Å². The Morgan fingerprint density at radius 1 is 1.38 bits per heavy atom. The number of carbonyl (C=O) groups excluding carboxylic acids is 1. The van der Waals surface area contributed by atoms with Crippen LogP contribution in [0.25, 0.3) is 0 Å². The van der Waals surface area contributed by atoms with Crippen molar-refractivity contribution in [2.75, 3.05) is 6.54 Å². The van der Waals surface area contributed by atoms with Gasteiger partial charge in [0.1, 0.15) is 0 Å². The molecule has 1 aliphatic carbocycles. The van der Waals surface area contributed by atoms with E-state index in [0.717, 1.165) is 24.3 Å². The van der Waals surface area contributed by atoms with Gasteiger partial charge in [0, 0.05) is 29.4 Å². The molecule has 0 aliphatic heterocycles. The van der Waals surface area contributed by atoms with Gasteiger partial charge < -0.3 is 11.1 Å². The van der Waals surface area contributed by atoms with Crippen molar-refractivity contribution in [2.45, 2.75) is 50.5 Å². The van der Waals surface area contributed by atoms with Gasteiger partial charge in [0.05, 0.1) is 0 Å². The first-order valence-electron chi connectivity index (χ1n) is 7.30. The van der Waals surface area contributed by atoms with Gasteiger partial charge in [-0.15, -0.1) is 12.4 Å². The predicted octanol–water partition coefficient (Wildman–Crippen LogP) is 3.43. The zero-order valence-electron chi connectivity index (χ0n) is 12.4. The molecule has 0 heterocycles. The molecular weight excluding hydrogens is 307 g/mol. The number of nitrogens with two attached hydrogens (primary N) is 1. The monoisotopic (exact) mass is 330 g/mol. The van der Waals surface area contributed by atoms with Crippen LogP contribution >= 0.6 is 24.0 Å². The Balaban J connectivity index is 0.00000220. The quantitative estimate of drug-likeness (QED) is 0.839. The molecule has 0 radical (unpaired) electrons. The Kier molecular flexibility index (Phi) is 6.98. The molecule has 2 rings (SSSR count). The van der Waals surface area contributed by atoms with Crippen molar-refractivity contribution in [2.24, 2.45) is 5.73 Å². The molecule has 1 saturated carbocycles. The Morgan fingerprint density at radius 3 is 2.48 bits per heavy atom. The minimum Gasteiger partial charge on any atom is -0.355 e. The third-order valence-corrected chi connectivity index (χ3v) is 4.47. The number of carbonyl (C=O) groups is 1. The number of rotatable bonds is 6. The zero-order chi connectivity index (χ0) is 14.6. The fourth-order valence-electron chi connectivity index (χ4n) is 2.69. The molecule has 0 aromatic heterocycles. The summed E-state index contributed by atoms with van der Waals surface area (Å²) in [6, 6.07) is 8.09. The topological polar surface area (TPSA) is 55.1 Å². The molecule has 1 aromatic carbocycles. The maximum absolute atomic E-state index is 11.8. The van der Waals surface area contributed by atoms with Crippen LogP contribution in [0, 0.1) is 0 Å². The molecule has 1 fully saturated rings. The van der Waals surface area contributed by atoms with Crippen molar-refractivity contribution in [3.05, 3.63) is 34.9 Å².